The van der Waals surface area contributed by atoms with Gasteiger partial charge in [-0.2, -0.15) is 0 Å². The highest BCUT2D eigenvalue weighted by molar-refractivity contribution is 5.85. The molecule has 5 nitrogen and oxygen atoms in total. The van der Waals surface area contributed by atoms with Crippen LogP contribution in [0.2, 0.25) is 0 Å². The average molecular weight is 391 g/mol. The van der Waals surface area contributed by atoms with E-state index in [0.29, 0.717) is 18.9 Å². The molecule has 5 rings (SSSR count). The Morgan fingerprint density at radius 2 is 1.89 bits per heavy atom. The molecule has 5 heteroatoms. The normalized spacial score (nSPS) is 55.8. The van der Waals surface area contributed by atoms with Gasteiger partial charge in [-0.15, -0.1) is 0 Å². The van der Waals surface area contributed by atoms with Gasteiger partial charge in [0.1, 0.15) is 6.61 Å². The van der Waals surface area contributed by atoms with Crippen LogP contribution in [-0.4, -0.2) is 45.7 Å². The number of hydrogen-bond acceptors (Lipinski definition) is 5. The van der Waals surface area contributed by atoms with Gasteiger partial charge in [0, 0.05) is 11.5 Å². The lowest BCUT2D eigenvalue weighted by Gasteiger charge is -2.65. The largest absolute Gasteiger partial charge is 0.458 e. The fourth-order valence-electron chi connectivity index (χ4n) is 8.49. The molecule has 3 N–H and O–H groups in total. The minimum absolute atomic E-state index is 0.0115. The molecule has 1 aliphatic heterocycles. The van der Waals surface area contributed by atoms with Gasteiger partial charge in [0.25, 0.3) is 0 Å². The van der Waals surface area contributed by atoms with E-state index in [1.54, 1.807) is 6.08 Å². The lowest BCUT2D eigenvalue weighted by atomic mass is 9.42. The molecule has 0 aromatic rings. The fourth-order valence-corrected chi connectivity index (χ4v) is 8.49. The Kier molecular flexibility index (Phi) is 4.12. The van der Waals surface area contributed by atoms with Crippen LogP contribution in [0.25, 0.3) is 0 Å². The maximum absolute atomic E-state index is 12.1. The van der Waals surface area contributed by atoms with Crippen molar-refractivity contribution in [1.82, 2.24) is 0 Å². The Bertz CT molecular complexity index is 718. The molecule has 4 fully saturated rings. The Balaban J connectivity index is 1.51. The van der Waals surface area contributed by atoms with Crippen LogP contribution in [0.1, 0.15) is 65.2 Å². The molecular formula is C23H34O5. The van der Waals surface area contributed by atoms with Gasteiger partial charge in [0.2, 0.25) is 0 Å². The number of aliphatic hydroxyl groups is 3. The van der Waals surface area contributed by atoms with Gasteiger partial charge in [-0.1, -0.05) is 13.8 Å². The lowest BCUT2D eigenvalue weighted by Crippen LogP contribution is -2.66. The molecular weight excluding hydrogens is 356 g/mol. The van der Waals surface area contributed by atoms with Crippen LogP contribution in [-0.2, 0) is 9.53 Å². The first kappa shape index (κ1) is 19.1. The quantitative estimate of drug-likeness (QED) is 0.599. The predicted octanol–water partition coefficient (Wildman–Crippen LogP) is 2.58. The number of carbonyl (C=O) groups is 1. The molecule has 0 bridgehead atoms. The number of aliphatic hydroxyl groups excluding tert-OH is 2. The van der Waals surface area contributed by atoms with Gasteiger partial charge >= 0.3 is 5.97 Å². The molecule has 0 amide bonds. The van der Waals surface area contributed by atoms with Crippen molar-refractivity contribution in [3.05, 3.63) is 11.6 Å². The van der Waals surface area contributed by atoms with E-state index in [-0.39, 0.29) is 35.2 Å². The van der Waals surface area contributed by atoms with Crippen molar-refractivity contribution in [2.24, 2.45) is 34.5 Å². The van der Waals surface area contributed by atoms with Crippen LogP contribution < -0.4 is 0 Å². The number of fused-ring (bicyclic) bond motifs is 5. The van der Waals surface area contributed by atoms with Gasteiger partial charge in [-0.25, -0.2) is 4.79 Å². The zero-order chi connectivity index (χ0) is 19.9. The lowest BCUT2D eigenvalue weighted by molar-refractivity contribution is -0.242. The molecule has 0 unspecified atom stereocenters. The molecule has 28 heavy (non-hydrogen) atoms. The van der Waals surface area contributed by atoms with Crippen LogP contribution in [0.5, 0.6) is 0 Å². The standard InChI is InChI=1S/C23H34O5/c1-21-7-5-15(24)10-14(21)3-4-17-20(21)18(25)11-22(2)16(6-8-23(17,22)27)13-9-19(26)28-12-13/h9,14-18,20,24-25,27H,3-8,10-12H2,1-2H3/t14-,15-,16+,17+,18+,20+,21-,22+,23-/m0/s1. The molecule has 0 spiro atoms. The van der Waals surface area contributed by atoms with Crippen LogP contribution in [0, 0.1) is 34.5 Å². The predicted molar refractivity (Wildman–Crippen MR) is 103 cm³/mol. The average Bonchev–Trinajstić information content (AvgIpc) is 3.16. The van der Waals surface area contributed by atoms with Crippen LogP contribution in [0.4, 0.5) is 0 Å². The molecule has 9 atom stereocenters. The SMILES string of the molecule is C[C@]12CC[C@H](O)C[C@@H]1CC[C@@H]1[C@@H]2[C@H](O)C[C@]2(C)[C@@H](C3=CC(=O)OC3)CC[C@]12O. The van der Waals surface area contributed by atoms with Crippen molar-refractivity contribution in [3.63, 3.8) is 0 Å². The first-order valence-corrected chi connectivity index (χ1v) is 11.1. The molecule has 0 saturated heterocycles. The summed E-state index contributed by atoms with van der Waals surface area (Å²) in [7, 11) is 0. The zero-order valence-corrected chi connectivity index (χ0v) is 17.1. The third kappa shape index (κ3) is 2.33. The minimum Gasteiger partial charge on any atom is -0.458 e. The first-order valence-electron chi connectivity index (χ1n) is 11.1. The maximum atomic E-state index is 12.1. The molecule has 0 radical (unpaired) electrons. The van der Waals surface area contributed by atoms with Gasteiger partial charge in [0.05, 0.1) is 17.8 Å². The molecule has 4 aliphatic carbocycles. The van der Waals surface area contributed by atoms with Crippen molar-refractivity contribution >= 4 is 5.97 Å². The highest BCUT2D eigenvalue weighted by Gasteiger charge is 2.69. The van der Waals surface area contributed by atoms with Crippen molar-refractivity contribution in [2.75, 3.05) is 6.61 Å². The van der Waals surface area contributed by atoms with Gasteiger partial charge in [-0.3, -0.25) is 0 Å². The summed E-state index contributed by atoms with van der Waals surface area (Å²) in [6.45, 7) is 4.76. The number of hydrogen-bond donors (Lipinski definition) is 3. The van der Waals surface area contributed by atoms with E-state index in [0.717, 1.165) is 50.5 Å². The van der Waals surface area contributed by atoms with E-state index in [1.807, 2.05) is 0 Å². The molecule has 1 heterocycles. The van der Waals surface area contributed by atoms with Gasteiger partial charge in [-0.05, 0) is 86.0 Å². The van der Waals surface area contributed by atoms with Crippen LogP contribution in [0.3, 0.4) is 0 Å². The zero-order valence-electron chi connectivity index (χ0n) is 17.1. The topological polar surface area (TPSA) is 87.0 Å². The smallest absolute Gasteiger partial charge is 0.331 e. The van der Waals surface area contributed by atoms with Crippen LogP contribution >= 0.6 is 0 Å². The van der Waals surface area contributed by atoms with Crippen molar-refractivity contribution in [2.45, 2.75) is 83.0 Å². The summed E-state index contributed by atoms with van der Waals surface area (Å²) < 4.78 is 5.17. The van der Waals surface area contributed by atoms with E-state index >= 15 is 0 Å². The Hall–Kier alpha value is -0.910. The van der Waals surface area contributed by atoms with E-state index in [4.69, 9.17) is 4.74 Å². The Morgan fingerprint density at radius 1 is 1.11 bits per heavy atom. The second-order valence-corrected chi connectivity index (χ2v) is 10.9. The van der Waals surface area contributed by atoms with E-state index < -0.39 is 17.1 Å². The third-order valence-corrected chi connectivity index (χ3v) is 9.89. The van der Waals surface area contributed by atoms with Crippen molar-refractivity contribution in [1.29, 1.82) is 0 Å². The minimum atomic E-state index is -0.807. The first-order chi connectivity index (χ1) is 13.2. The van der Waals surface area contributed by atoms with E-state index in [2.05, 4.69) is 13.8 Å². The molecule has 4 saturated carbocycles. The highest BCUT2D eigenvalue weighted by Crippen LogP contribution is 2.69. The van der Waals surface area contributed by atoms with E-state index in [1.165, 1.54) is 0 Å². The Labute approximate surface area is 167 Å². The summed E-state index contributed by atoms with van der Waals surface area (Å²) in [6, 6.07) is 0. The maximum Gasteiger partial charge on any atom is 0.331 e. The summed E-state index contributed by atoms with van der Waals surface area (Å²) >= 11 is 0. The number of rotatable bonds is 1. The third-order valence-electron chi connectivity index (χ3n) is 9.89. The number of ether oxygens (including phenoxy) is 1. The summed E-state index contributed by atoms with van der Waals surface area (Å²) in [6.07, 6.45) is 7.61. The monoisotopic (exact) mass is 390 g/mol. The summed E-state index contributed by atoms with van der Waals surface area (Å²) in [5.41, 5.74) is -0.250. The Morgan fingerprint density at radius 3 is 2.61 bits per heavy atom. The number of carbonyl (C=O) groups excluding carboxylic acids is 1. The van der Waals surface area contributed by atoms with Crippen LogP contribution in [0.15, 0.2) is 11.6 Å². The fraction of sp³-hybridized carbons (Fsp3) is 0.870. The highest BCUT2D eigenvalue weighted by atomic mass is 16.5. The number of cyclic esters (lactones) is 1. The molecule has 0 aromatic carbocycles. The van der Waals surface area contributed by atoms with Gasteiger partial charge in [0.15, 0.2) is 0 Å². The second-order valence-electron chi connectivity index (χ2n) is 10.9. The van der Waals surface area contributed by atoms with E-state index in [9.17, 15) is 20.1 Å². The summed E-state index contributed by atoms with van der Waals surface area (Å²) in [4.78, 5) is 11.6. The summed E-state index contributed by atoms with van der Waals surface area (Å²) in [5, 5.41) is 33.7. The molecule has 5 aliphatic rings. The van der Waals surface area contributed by atoms with Crippen molar-refractivity contribution < 1.29 is 24.9 Å². The molecule has 0 aromatic heterocycles. The van der Waals surface area contributed by atoms with Gasteiger partial charge < -0.3 is 20.1 Å². The number of esters is 1. The van der Waals surface area contributed by atoms with Crippen molar-refractivity contribution in [3.8, 4) is 0 Å². The summed E-state index contributed by atoms with van der Waals surface area (Å²) in [5.74, 6) is 0.420. The molecule has 156 valence electrons. The second kappa shape index (κ2) is 6.05.